The first-order chi connectivity index (χ1) is 9.56. The standard InChI is InChI=1S/C13H17FN2O3S/c14-11-2-1-9(7-12(11)15)16-13(17)8-20(18)10-3-5-19-6-4-10/h1-2,7,10H,3-6,8,15H2,(H,16,17). The Labute approximate surface area is 119 Å². The maximum atomic E-state index is 13.0. The van der Waals surface area contributed by atoms with Crippen LogP contribution in [0.3, 0.4) is 0 Å². The van der Waals surface area contributed by atoms with Crippen molar-refractivity contribution in [3.63, 3.8) is 0 Å². The van der Waals surface area contributed by atoms with Gasteiger partial charge in [0.2, 0.25) is 5.91 Å². The number of anilines is 2. The first-order valence-corrected chi connectivity index (χ1v) is 7.74. The summed E-state index contributed by atoms with van der Waals surface area (Å²) in [7, 11) is -1.22. The van der Waals surface area contributed by atoms with E-state index in [1.165, 1.54) is 18.2 Å². The molecular weight excluding hydrogens is 283 g/mol. The number of nitrogen functional groups attached to an aromatic ring is 1. The van der Waals surface area contributed by atoms with Gasteiger partial charge in [-0.1, -0.05) is 0 Å². The molecule has 3 N–H and O–H groups in total. The summed E-state index contributed by atoms with van der Waals surface area (Å²) in [6.45, 7) is 1.18. The summed E-state index contributed by atoms with van der Waals surface area (Å²) < 4.78 is 30.2. The lowest BCUT2D eigenvalue weighted by Crippen LogP contribution is -2.30. The largest absolute Gasteiger partial charge is 0.396 e. The highest BCUT2D eigenvalue weighted by molar-refractivity contribution is 7.86. The molecule has 1 aromatic carbocycles. The summed E-state index contributed by atoms with van der Waals surface area (Å²) in [5.41, 5.74) is 5.78. The summed E-state index contributed by atoms with van der Waals surface area (Å²) in [6.07, 6.45) is 1.42. The summed E-state index contributed by atoms with van der Waals surface area (Å²) >= 11 is 0. The van der Waals surface area contributed by atoms with Crippen molar-refractivity contribution in [1.82, 2.24) is 0 Å². The van der Waals surface area contributed by atoms with Gasteiger partial charge in [-0.25, -0.2) is 4.39 Å². The van der Waals surface area contributed by atoms with Crippen LogP contribution in [0, 0.1) is 5.82 Å². The van der Waals surface area contributed by atoms with Crippen LogP contribution in [0.5, 0.6) is 0 Å². The molecule has 1 heterocycles. The van der Waals surface area contributed by atoms with Crippen molar-refractivity contribution in [1.29, 1.82) is 0 Å². The molecule has 110 valence electrons. The van der Waals surface area contributed by atoms with Crippen molar-refractivity contribution >= 4 is 28.1 Å². The Morgan fingerprint density at radius 1 is 1.45 bits per heavy atom. The quantitative estimate of drug-likeness (QED) is 0.821. The molecule has 1 saturated heterocycles. The molecule has 1 atom stereocenters. The highest BCUT2D eigenvalue weighted by atomic mass is 32.2. The molecule has 7 heteroatoms. The minimum absolute atomic E-state index is 0.00721. The van der Waals surface area contributed by atoms with Gasteiger partial charge in [-0.3, -0.25) is 9.00 Å². The molecule has 0 spiro atoms. The SMILES string of the molecule is Nc1cc(NC(=O)CS(=O)C2CCOCC2)ccc1F. The molecular formula is C13H17FN2O3S. The third-order valence-electron chi connectivity index (χ3n) is 3.09. The fourth-order valence-corrected chi connectivity index (χ4v) is 3.29. The first-order valence-electron chi connectivity index (χ1n) is 6.36. The molecule has 0 aromatic heterocycles. The summed E-state index contributed by atoms with van der Waals surface area (Å²) in [6, 6.07) is 3.94. The number of amides is 1. The van der Waals surface area contributed by atoms with Crippen molar-refractivity contribution < 1.29 is 18.1 Å². The third kappa shape index (κ3) is 4.01. The van der Waals surface area contributed by atoms with Crippen LogP contribution in [-0.4, -0.2) is 34.3 Å². The number of hydrogen-bond acceptors (Lipinski definition) is 4. The van der Waals surface area contributed by atoms with E-state index in [4.69, 9.17) is 10.5 Å². The fraction of sp³-hybridized carbons (Fsp3) is 0.462. The lowest BCUT2D eigenvalue weighted by molar-refractivity contribution is -0.113. The maximum absolute atomic E-state index is 13.0. The van der Waals surface area contributed by atoms with E-state index < -0.39 is 16.6 Å². The van der Waals surface area contributed by atoms with Crippen LogP contribution in [0.2, 0.25) is 0 Å². The lowest BCUT2D eigenvalue weighted by Gasteiger charge is -2.21. The van der Waals surface area contributed by atoms with Crippen LogP contribution >= 0.6 is 0 Å². The first kappa shape index (κ1) is 14.9. The van der Waals surface area contributed by atoms with Crippen LogP contribution in [0.25, 0.3) is 0 Å². The molecule has 1 amide bonds. The van der Waals surface area contributed by atoms with Gasteiger partial charge in [0.15, 0.2) is 0 Å². The number of benzene rings is 1. The zero-order valence-electron chi connectivity index (χ0n) is 10.9. The Kier molecular flexibility index (Phi) is 5.08. The van der Waals surface area contributed by atoms with Crippen molar-refractivity contribution in [3.05, 3.63) is 24.0 Å². The molecule has 2 rings (SSSR count). The summed E-state index contributed by atoms with van der Waals surface area (Å²) in [4.78, 5) is 11.8. The van der Waals surface area contributed by atoms with E-state index in [1.807, 2.05) is 0 Å². The van der Waals surface area contributed by atoms with Crippen LogP contribution in [0.15, 0.2) is 18.2 Å². The highest BCUT2D eigenvalue weighted by Gasteiger charge is 2.22. The van der Waals surface area contributed by atoms with Crippen molar-refractivity contribution in [2.45, 2.75) is 18.1 Å². The predicted molar refractivity (Wildman–Crippen MR) is 76.3 cm³/mol. The molecule has 20 heavy (non-hydrogen) atoms. The minimum Gasteiger partial charge on any atom is -0.396 e. The van der Waals surface area contributed by atoms with Gasteiger partial charge in [-0.15, -0.1) is 0 Å². The molecule has 1 aromatic rings. The second-order valence-electron chi connectivity index (χ2n) is 4.62. The van der Waals surface area contributed by atoms with E-state index in [0.29, 0.717) is 31.7 Å². The highest BCUT2D eigenvalue weighted by Crippen LogP contribution is 2.17. The van der Waals surface area contributed by atoms with Gasteiger partial charge in [0.25, 0.3) is 0 Å². The van der Waals surface area contributed by atoms with Crippen LogP contribution in [-0.2, 0) is 20.3 Å². The number of nitrogens with one attached hydrogen (secondary N) is 1. The number of nitrogens with two attached hydrogens (primary N) is 1. The predicted octanol–water partition coefficient (Wildman–Crippen LogP) is 1.27. The normalized spacial score (nSPS) is 17.6. The Hall–Kier alpha value is -1.47. The van der Waals surface area contributed by atoms with E-state index in [1.54, 1.807) is 0 Å². The number of rotatable bonds is 4. The molecule has 1 fully saturated rings. The van der Waals surface area contributed by atoms with Crippen molar-refractivity contribution in [3.8, 4) is 0 Å². The van der Waals surface area contributed by atoms with Crippen LogP contribution < -0.4 is 11.1 Å². The van der Waals surface area contributed by atoms with Gasteiger partial charge in [0.1, 0.15) is 11.6 Å². The Morgan fingerprint density at radius 2 is 2.15 bits per heavy atom. The average molecular weight is 300 g/mol. The fourth-order valence-electron chi connectivity index (χ4n) is 2.00. The molecule has 0 bridgehead atoms. The smallest absolute Gasteiger partial charge is 0.237 e. The van der Waals surface area contributed by atoms with Crippen LogP contribution in [0.4, 0.5) is 15.8 Å². The molecule has 1 aliphatic heterocycles. The van der Waals surface area contributed by atoms with Gasteiger partial charge in [0, 0.05) is 35.0 Å². The zero-order valence-corrected chi connectivity index (χ0v) is 11.7. The van der Waals surface area contributed by atoms with Gasteiger partial charge in [0.05, 0.1) is 5.69 Å². The van der Waals surface area contributed by atoms with Gasteiger partial charge < -0.3 is 15.8 Å². The van der Waals surface area contributed by atoms with Crippen LogP contribution in [0.1, 0.15) is 12.8 Å². The van der Waals surface area contributed by atoms with E-state index in [0.717, 1.165) is 0 Å². The molecule has 0 aliphatic carbocycles. The second kappa shape index (κ2) is 6.81. The molecule has 1 unspecified atom stereocenters. The average Bonchev–Trinajstić information content (AvgIpc) is 2.44. The van der Waals surface area contributed by atoms with Gasteiger partial charge >= 0.3 is 0 Å². The molecule has 0 saturated carbocycles. The molecule has 0 radical (unpaired) electrons. The number of ether oxygens (including phenoxy) is 1. The zero-order chi connectivity index (χ0) is 14.5. The molecule has 5 nitrogen and oxygen atoms in total. The van der Waals surface area contributed by atoms with E-state index in [2.05, 4.69) is 5.32 Å². The number of halogens is 1. The third-order valence-corrected chi connectivity index (χ3v) is 4.85. The second-order valence-corrected chi connectivity index (χ2v) is 6.34. The Morgan fingerprint density at radius 3 is 2.80 bits per heavy atom. The Bertz CT molecular complexity index is 518. The van der Waals surface area contributed by atoms with E-state index in [-0.39, 0.29) is 22.6 Å². The van der Waals surface area contributed by atoms with Gasteiger partial charge in [-0.2, -0.15) is 0 Å². The minimum atomic E-state index is -1.22. The summed E-state index contributed by atoms with van der Waals surface area (Å²) in [5.74, 6) is -0.961. The van der Waals surface area contributed by atoms with Crippen molar-refractivity contribution in [2.75, 3.05) is 30.0 Å². The van der Waals surface area contributed by atoms with E-state index in [9.17, 15) is 13.4 Å². The maximum Gasteiger partial charge on any atom is 0.237 e. The molecule has 1 aliphatic rings. The number of carbonyl (C=O) groups is 1. The number of hydrogen-bond donors (Lipinski definition) is 2. The lowest BCUT2D eigenvalue weighted by atomic mass is 10.2. The van der Waals surface area contributed by atoms with Gasteiger partial charge in [-0.05, 0) is 31.0 Å². The van der Waals surface area contributed by atoms with Crippen molar-refractivity contribution in [2.24, 2.45) is 0 Å². The van der Waals surface area contributed by atoms with E-state index >= 15 is 0 Å². The monoisotopic (exact) mass is 300 g/mol. The summed E-state index contributed by atoms with van der Waals surface area (Å²) in [5, 5.41) is 2.58. The number of carbonyl (C=O) groups excluding carboxylic acids is 1. The topological polar surface area (TPSA) is 81.4 Å². The Balaban J connectivity index is 1.88.